The monoisotopic (exact) mass is 302 g/mol. The van der Waals surface area contributed by atoms with E-state index in [-0.39, 0.29) is 5.25 Å². The molecule has 108 valence electrons. The van der Waals surface area contributed by atoms with Gasteiger partial charge in [0.2, 0.25) is 0 Å². The van der Waals surface area contributed by atoms with E-state index in [1.165, 1.54) is 11.1 Å². The van der Waals surface area contributed by atoms with Crippen LogP contribution in [0, 0.1) is 0 Å². The molecule has 0 saturated heterocycles. The van der Waals surface area contributed by atoms with Crippen molar-refractivity contribution in [1.82, 2.24) is 4.90 Å². The number of likely N-dealkylation sites (N-methyl/N-ethyl adjacent to an activating group) is 1. The molecule has 19 heavy (non-hydrogen) atoms. The summed E-state index contributed by atoms with van der Waals surface area (Å²) in [5.41, 5.74) is 5.58. The fourth-order valence-corrected chi connectivity index (χ4v) is 5.80. The fourth-order valence-electron chi connectivity index (χ4n) is 3.26. The molecule has 0 aliphatic heterocycles. The molecule has 0 bridgehead atoms. The first-order valence-corrected chi connectivity index (χ1v) is 9.36. The van der Waals surface area contributed by atoms with Crippen molar-refractivity contribution in [2.24, 2.45) is 5.73 Å². The highest BCUT2D eigenvalue weighted by Crippen LogP contribution is 2.39. The van der Waals surface area contributed by atoms with Gasteiger partial charge in [-0.1, -0.05) is 12.5 Å². The van der Waals surface area contributed by atoms with Gasteiger partial charge in [-0.3, -0.25) is 4.90 Å². The molecule has 2 rings (SSSR count). The van der Waals surface area contributed by atoms with Crippen LogP contribution in [0.1, 0.15) is 24.1 Å². The van der Waals surface area contributed by atoms with Gasteiger partial charge in [-0.25, -0.2) is 8.42 Å². The van der Waals surface area contributed by atoms with Crippen LogP contribution in [0.15, 0.2) is 17.5 Å². The van der Waals surface area contributed by atoms with Crippen molar-refractivity contribution in [3.8, 4) is 0 Å². The zero-order valence-electron chi connectivity index (χ0n) is 11.5. The molecule has 0 radical (unpaired) electrons. The Morgan fingerprint density at radius 2 is 2.32 bits per heavy atom. The SMILES string of the molecule is CN(Cc1cccs1)C1(CN)CCCC1S(C)(=O)=O. The van der Waals surface area contributed by atoms with E-state index in [9.17, 15) is 8.42 Å². The normalized spacial score (nSPS) is 28.1. The van der Waals surface area contributed by atoms with Crippen LogP contribution in [0.5, 0.6) is 0 Å². The lowest BCUT2D eigenvalue weighted by molar-refractivity contribution is 0.127. The highest BCUT2D eigenvalue weighted by atomic mass is 32.2. The molecule has 0 aromatic carbocycles. The Kier molecular flexibility index (Phi) is 4.35. The van der Waals surface area contributed by atoms with Gasteiger partial charge >= 0.3 is 0 Å². The second-order valence-electron chi connectivity index (χ2n) is 5.45. The van der Waals surface area contributed by atoms with Crippen LogP contribution in [0.3, 0.4) is 0 Å². The Bertz CT molecular complexity index is 513. The van der Waals surface area contributed by atoms with Crippen LogP contribution in [-0.2, 0) is 16.4 Å². The van der Waals surface area contributed by atoms with Crippen molar-refractivity contribution < 1.29 is 8.42 Å². The fraction of sp³-hybridized carbons (Fsp3) is 0.692. The van der Waals surface area contributed by atoms with Crippen LogP contribution < -0.4 is 5.73 Å². The summed E-state index contributed by atoms with van der Waals surface area (Å²) in [6, 6.07) is 4.10. The zero-order chi connectivity index (χ0) is 14.1. The van der Waals surface area contributed by atoms with E-state index in [1.54, 1.807) is 11.3 Å². The van der Waals surface area contributed by atoms with Crippen molar-refractivity contribution >= 4 is 21.2 Å². The summed E-state index contributed by atoms with van der Waals surface area (Å²) in [4.78, 5) is 3.40. The third-order valence-electron chi connectivity index (χ3n) is 4.28. The Hall–Kier alpha value is -0.430. The predicted octanol–water partition coefficient (Wildman–Crippen LogP) is 1.47. The van der Waals surface area contributed by atoms with Gasteiger partial charge in [0, 0.05) is 29.8 Å². The Morgan fingerprint density at radius 3 is 2.84 bits per heavy atom. The number of nitrogens with two attached hydrogens (primary N) is 1. The number of hydrogen-bond donors (Lipinski definition) is 1. The molecule has 1 aromatic heterocycles. The summed E-state index contributed by atoms with van der Waals surface area (Å²) < 4.78 is 24.1. The first-order valence-electron chi connectivity index (χ1n) is 6.53. The second kappa shape index (κ2) is 5.52. The maximum absolute atomic E-state index is 12.0. The lowest BCUT2D eigenvalue weighted by atomic mass is 9.95. The predicted molar refractivity (Wildman–Crippen MR) is 80.1 cm³/mol. The molecule has 1 aromatic rings. The zero-order valence-corrected chi connectivity index (χ0v) is 13.1. The molecule has 1 aliphatic carbocycles. The lowest BCUT2D eigenvalue weighted by Gasteiger charge is -2.41. The molecular weight excluding hydrogens is 280 g/mol. The van der Waals surface area contributed by atoms with Crippen molar-refractivity contribution in [2.45, 2.75) is 36.6 Å². The van der Waals surface area contributed by atoms with Crippen molar-refractivity contribution in [2.75, 3.05) is 19.8 Å². The summed E-state index contributed by atoms with van der Waals surface area (Å²) >= 11 is 1.70. The molecule has 1 heterocycles. The quantitative estimate of drug-likeness (QED) is 0.895. The third-order valence-corrected chi connectivity index (χ3v) is 6.85. The van der Waals surface area contributed by atoms with Crippen LogP contribution in [0.25, 0.3) is 0 Å². The van der Waals surface area contributed by atoms with Gasteiger partial charge < -0.3 is 5.73 Å². The smallest absolute Gasteiger partial charge is 0.152 e. The average Bonchev–Trinajstić information content (AvgIpc) is 2.96. The molecule has 0 spiro atoms. The Labute approximate surface area is 119 Å². The number of nitrogens with zero attached hydrogens (tertiary/aromatic N) is 1. The summed E-state index contributed by atoms with van der Waals surface area (Å²) in [5, 5.41) is 1.70. The van der Waals surface area contributed by atoms with Crippen LogP contribution in [0.4, 0.5) is 0 Å². The van der Waals surface area contributed by atoms with Gasteiger partial charge in [-0.05, 0) is 31.3 Å². The van der Waals surface area contributed by atoms with E-state index in [4.69, 9.17) is 5.73 Å². The number of thiophene rings is 1. The Morgan fingerprint density at radius 1 is 1.58 bits per heavy atom. The molecule has 6 heteroatoms. The van der Waals surface area contributed by atoms with Crippen LogP contribution in [-0.4, -0.2) is 44.0 Å². The third kappa shape index (κ3) is 2.86. The number of hydrogen-bond acceptors (Lipinski definition) is 5. The van der Waals surface area contributed by atoms with Crippen molar-refractivity contribution in [3.63, 3.8) is 0 Å². The first kappa shape index (κ1) is 15.0. The molecule has 2 unspecified atom stereocenters. The van der Waals surface area contributed by atoms with Crippen molar-refractivity contribution in [1.29, 1.82) is 0 Å². The summed E-state index contributed by atoms with van der Waals surface area (Å²) in [7, 11) is -1.07. The Balaban J connectivity index is 2.26. The van der Waals surface area contributed by atoms with Gasteiger partial charge in [0.1, 0.15) is 0 Å². The van der Waals surface area contributed by atoms with Crippen LogP contribution >= 0.6 is 11.3 Å². The second-order valence-corrected chi connectivity index (χ2v) is 8.71. The summed E-state index contributed by atoms with van der Waals surface area (Å²) in [6.07, 6.45) is 3.87. The lowest BCUT2D eigenvalue weighted by Crippen LogP contribution is -2.58. The van der Waals surface area contributed by atoms with E-state index in [2.05, 4.69) is 11.0 Å². The molecule has 1 aliphatic rings. The van der Waals surface area contributed by atoms with E-state index in [1.807, 2.05) is 18.5 Å². The molecule has 2 atom stereocenters. The van der Waals surface area contributed by atoms with Gasteiger partial charge in [0.15, 0.2) is 9.84 Å². The topological polar surface area (TPSA) is 63.4 Å². The minimum atomic E-state index is -3.06. The van der Waals surface area contributed by atoms with E-state index in [0.717, 1.165) is 25.8 Å². The average molecular weight is 302 g/mol. The molecule has 1 saturated carbocycles. The van der Waals surface area contributed by atoms with Crippen molar-refractivity contribution in [3.05, 3.63) is 22.4 Å². The molecular formula is C13H22N2O2S2. The maximum Gasteiger partial charge on any atom is 0.152 e. The van der Waals surface area contributed by atoms with E-state index < -0.39 is 15.4 Å². The highest BCUT2D eigenvalue weighted by molar-refractivity contribution is 7.91. The molecule has 1 fully saturated rings. The highest BCUT2D eigenvalue weighted by Gasteiger charge is 2.49. The van der Waals surface area contributed by atoms with Gasteiger partial charge in [-0.2, -0.15) is 0 Å². The van der Waals surface area contributed by atoms with Gasteiger partial charge in [-0.15, -0.1) is 11.3 Å². The molecule has 0 amide bonds. The molecule has 4 nitrogen and oxygen atoms in total. The van der Waals surface area contributed by atoms with E-state index >= 15 is 0 Å². The number of rotatable bonds is 5. The minimum absolute atomic E-state index is 0.338. The maximum atomic E-state index is 12.0. The first-order chi connectivity index (χ1) is 8.90. The largest absolute Gasteiger partial charge is 0.329 e. The molecule has 2 N–H and O–H groups in total. The number of sulfone groups is 1. The van der Waals surface area contributed by atoms with E-state index in [0.29, 0.717) is 6.54 Å². The van der Waals surface area contributed by atoms with Crippen LogP contribution in [0.2, 0.25) is 0 Å². The summed E-state index contributed by atoms with van der Waals surface area (Å²) in [6.45, 7) is 1.16. The van der Waals surface area contributed by atoms with Gasteiger partial charge in [0.05, 0.1) is 5.25 Å². The van der Waals surface area contributed by atoms with Gasteiger partial charge in [0.25, 0.3) is 0 Å². The standard InChI is InChI=1S/C13H22N2O2S2/c1-15(9-11-5-4-8-18-11)13(10-14)7-3-6-12(13)19(2,16)17/h4-5,8,12H,3,6-7,9-10,14H2,1-2H3. The minimum Gasteiger partial charge on any atom is -0.329 e. The summed E-state index contributed by atoms with van der Waals surface area (Å²) in [5.74, 6) is 0.